The van der Waals surface area contributed by atoms with Crippen LogP contribution in [0.2, 0.25) is 0 Å². The zero-order valence-electron chi connectivity index (χ0n) is 10.4. The Hall–Kier alpha value is -2.35. The molecule has 0 fully saturated rings. The Bertz CT molecular complexity index is 583. The van der Waals surface area contributed by atoms with Gasteiger partial charge in [0.05, 0.1) is 12.4 Å². The van der Waals surface area contributed by atoms with Gasteiger partial charge in [-0.25, -0.2) is 4.98 Å². The third-order valence-electron chi connectivity index (χ3n) is 2.51. The zero-order valence-corrected chi connectivity index (χ0v) is 10.4. The maximum absolute atomic E-state index is 9.08. The summed E-state index contributed by atoms with van der Waals surface area (Å²) in [4.78, 5) is 4.08. The van der Waals surface area contributed by atoms with Crippen molar-refractivity contribution in [3.8, 4) is 17.7 Å². The monoisotopic (exact) mass is 242 g/mol. The van der Waals surface area contributed by atoms with Crippen LogP contribution in [0.4, 0.5) is 0 Å². The molecule has 5 nitrogen and oxygen atoms in total. The highest BCUT2D eigenvalue weighted by Crippen LogP contribution is 2.23. The molecule has 0 unspecified atom stereocenters. The van der Waals surface area contributed by atoms with E-state index in [-0.39, 0.29) is 0 Å². The number of nitrogens with zero attached hydrogens (tertiary/aromatic N) is 4. The van der Waals surface area contributed by atoms with E-state index in [9.17, 15) is 0 Å². The molecule has 0 aliphatic rings. The first-order valence-electron chi connectivity index (χ1n) is 5.80. The van der Waals surface area contributed by atoms with Crippen LogP contribution in [-0.2, 0) is 6.54 Å². The molecule has 5 heteroatoms. The molecule has 2 aromatic heterocycles. The Morgan fingerprint density at radius 3 is 3.06 bits per heavy atom. The number of ether oxygens (including phenoxy) is 1. The molecule has 0 N–H and O–H groups in total. The minimum absolute atomic E-state index is 0.327. The summed E-state index contributed by atoms with van der Waals surface area (Å²) in [6.45, 7) is 4.78. The van der Waals surface area contributed by atoms with Crippen molar-refractivity contribution in [1.29, 1.82) is 5.26 Å². The lowest BCUT2D eigenvalue weighted by atomic mass is 10.2. The van der Waals surface area contributed by atoms with Gasteiger partial charge < -0.3 is 4.74 Å². The molecule has 0 radical (unpaired) electrons. The highest BCUT2D eigenvalue weighted by atomic mass is 16.5. The molecule has 2 heterocycles. The van der Waals surface area contributed by atoms with Crippen LogP contribution in [0.1, 0.15) is 24.5 Å². The smallest absolute Gasteiger partial charge is 0.237 e. The first kappa shape index (κ1) is 12.1. The zero-order chi connectivity index (χ0) is 13.0. The van der Waals surface area contributed by atoms with Gasteiger partial charge in [0.2, 0.25) is 5.88 Å². The highest BCUT2D eigenvalue weighted by Gasteiger charge is 2.09. The maximum atomic E-state index is 9.08. The van der Waals surface area contributed by atoms with Gasteiger partial charge in [-0.3, -0.25) is 4.68 Å². The Labute approximate surface area is 106 Å². The maximum Gasteiger partial charge on any atom is 0.237 e. The topological polar surface area (TPSA) is 63.7 Å². The van der Waals surface area contributed by atoms with Gasteiger partial charge in [-0.1, -0.05) is 6.92 Å². The Balaban J connectivity index is 2.23. The van der Waals surface area contributed by atoms with Crippen LogP contribution in [0.15, 0.2) is 24.7 Å². The van der Waals surface area contributed by atoms with E-state index in [1.165, 1.54) is 0 Å². The van der Waals surface area contributed by atoms with Crippen molar-refractivity contribution in [2.45, 2.75) is 26.8 Å². The fraction of sp³-hybridized carbons (Fsp3) is 0.308. The summed E-state index contributed by atoms with van der Waals surface area (Å²) in [7, 11) is 0. The number of rotatable bonds is 4. The van der Waals surface area contributed by atoms with Crippen LogP contribution in [-0.4, -0.2) is 14.8 Å². The number of hydrogen-bond donors (Lipinski definition) is 0. The van der Waals surface area contributed by atoms with Crippen LogP contribution < -0.4 is 4.74 Å². The second kappa shape index (κ2) is 5.32. The molecule has 92 valence electrons. The first-order valence-corrected chi connectivity index (χ1v) is 5.80. The Morgan fingerprint density at radius 1 is 1.50 bits per heavy atom. The van der Waals surface area contributed by atoms with Gasteiger partial charge in [-0.15, -0.1) is 0 Å². The Kier molecular flexibility index (Phi) is 3.58. The van der Waals surface area contributed by atoms with Crippen LogP contribution in [0, 0.1) is 18.3 Å². The molecule has 0 aromatic carbocycles. The van der Waals surface area contributed by atoms with Crippen molar-refractivity contribution in [3.05, 3.63) is 35.8 Å². The first-order chi connectivity index (χ1) is 8.74. The van der Waals surface area contributed by atoms with E-state index in [0.717, 1.165) is 18.5 Å². The van der Waals surface area contributed by atoms with Gasteiger partial charge >= 0.3 is 0 Å². The molecule has 0 saturated heterocycles. The van der Waals surface area contributed by atoms with E-state index in [0.29, 0.717) is 17.2 Å². The van der Waals surface area contributed by atoms with Gasteiger partial charge in [0, 0.05) is 12.7 Å². The average Bonchev–Trinajstić information content (AvgIpc) is 2.77. The summed E-state index contributed by atoms with van der Waals surface area (Å²) in [5, 5.41) is 13.2. The summed E-state index contributed by atoms with van der Waals surface area (Å²) in [5.41, 5.74) is 1.31. The number of hydrogen-bond acceptors (Lipinski definition) is 4. The molecule has 2 aromatic rings. The second-order valence-electron chi connectivity index (χ2n) is 3.96. The lowest BCUT2D eigenvalue weighted by Gasteiger charge is -2.05. The molecule has 0 atom stereocenters. The number of aromatic nitrogens is 3. The van der Waals surface area contributed by atoms with E-state index in [1.54, 1.807) is 29.3 Å². The fourth-order valence-electron chi connectivity index (χ4n) is 1.61. The molecule has 0 bridgehead atoms. The largest absolute Gasteiger partial charge is 0.434 e. The quantitative estimate of drug-likeness (QED) is 0.826. The van der Waals surface area contributed by atoms with Gasteiger partial charge in [0.25, 0.3) is 0 Å². The predicted octanol–water partition coefficient (Wildman–Crippen LogP) is 2.66. The molecule has 2 rings (SSSR count). The fourth-order valence-corrected chi connectivity index (χ4v) is 1.61. The Morgan fingerprint density at radius 2 is 2.33 bits per heavy atom. The number of aryl methyl sites for hydroxylation is 2. The summed E-state index contributed by atoms with van der Waals surface area (Å²) in [5.74, 6) is 0.923. The molecule has 0 aliphatic heterocycles. The van der Waals surface area contributed by atoms with Gasteiger partial charge in [0.1, 0.15) is 11.6 Å². The van der Waals surface area contributed by atoms with Gasteiger partial charge in [-0.05, 0) is 25.0 Å². The molecular weight excluding hydrogens is 228 g/mol. The van der Waals surface area contributed by atoms with Crippen molar-refractivity contribution >= 4 is 0 Å². The third-order valence-corrected chi connectivity index (χ3v) is 2.51. The lowest BCUT2D eigenvalue weighted by molar-refractivity contribution is 0.459. The summed E-state index contributed by atoms with van der Waals surface area (Å²) in [6, 6.07) is 3.88. The van der Waals surface area contributed by atoms with Crippen molar-refractivity contribution in [2.75, 3.05) is 0 Å². The summed E-state index contributed by atoms with van der Waals surface area (Å²) in [6.07, 6.45) is 6.06. The van der Waals surface area contributed by atoms with Crippen LogP contribution in [0.5, 0.6) is 11.6 Å². The number of pyridine rings is 1. The van der Waals surface area contributed by atoms with Crippen LogP contribution in [0.3, 0.4) is 0 Å². The molecule has 0 amide bonds. The van der Waals surface area contributed by atoms with Gasteiger partial charge in [0.15, 0.2) is 5.75 Å². The molecule has 18 heavy (non-hydrogen) atoms. The van der Waals surface area contributed by atoms with Crippen molar-refractivity contribution in [1.82, 2.24) is 14.8 Å². The lowest BCUT2D eigenvalue weighted by Crippen LogP contribution is -1.96. The van der Waals surface area contributed by atoms with E-state index >= 15 is 0 Å². The SMILES string of the molecule is CCCn1cc(Oc2nccc(C)c2C#N)cn1. The summed E-state index contributed by atoms with van der Waals surface area (Å²) < 4.78 is 7.39. The normalized spacial score (nSPS) is 10.1. The molecule has 0 saturated carbocycles. The van der Waals surface area contributed by atoms with Gasteiger partial charge in [-0.2, -0.15) is 10.4 Å². The standard InChI is InChI=1S/C13H14N4O/c1-3-6-17-9-11(8-16-17)18-13-12(7-14)10(2)4-5-15-13/h4-5,8-9H,3,6H2,1-2H3. The van der Waals surface area contributed by atoms with Crippen molar-refractivity contribution < 1.29 is 4.74 Å². The van der Waals surface area contributed by atoms with E-state index in [1.807, 2.05) is 6.92 Å². The average molecular weight is 242 g/mol. The summed E-state index contributed by atoms with van der Waals surface area (Å²) >= 11 is 0. The van der Waals surface area contributed by atoms with Crippen LogP contribution in [0.25, 0.3) is 0 Å². The van der Waals surface area contributed by atoms with E-state index < -0.39 is 0 Å². The molecule has 0 aliphatic carbocycles. The van der Waals surface area contributed by atoms with E-state index in [2.05, 4.69) is 23.1 Å². The highest BCUT2D eigenvalue weighted by molar-refractivity contribution is 5.45. The molecule has 0 spiro atoms. The van der Waals surface area contributed by atoms with Crippen molar-refractivity contribution in [2.24, 2.45) is 0 Å². The molecular formula is C13H14N4O. The van der Waals surface area contributed by atoms with Crippen LogP contribution >= 0.6 is 0 Å². The predicted molar refractivity (Wildman–Crippen MR) is 66.3 cm³/mol. The van der Waals surface area contributed by atoms with Crippen molar-refractivity contribution in [3.63, 3.8) is 0 Å². The minimum atomic E-state index is 0.327. The van der Waals surface area contributed by atoms with E-state index in [4.69, 9.17) is 10.00 Å². The number of nitriles is 1. The minimum Gasteiger partial charge on any atom is -0.434 e. The third kappa shape index (κ3) is 2.48. The second-order valence-corrected chi connectivity index (χ2v) is 3.96.